The molecule has 8 N–H and O–H groups in total. The van der Waals surface area contributed by atoms with Crippen LogP contribution in [0.5, 0.6) is 0 Å². The number of hydrogen-bond acceptors (Lipinski definition) is 28. The van der Waals surface area contributed by atoms with Gasteiger partial charge in [-0.2, -0.15) is 0 Å². The maximum absolute atomic E-state index is 13.1. The summed E-state index contributed by atoms with van der Waals surface area (Å²) in [5.74, 6) is -1.24. The maximum Gasteiger partial charge on any atom is 0.309 e. The Hall–Kier alpha value is -2.02. The van der Waals surface area contributed by atoms with E-state index >= 15 is 0 Å². The highest BCUT2D eigenvalue weighted by Crippen LogP contribution is 2.71. The van der Waals surface area contributed by atoms with Crippen LogP contribution >= 0.6 is 0 Å². The molecule has 4 aliphatic carbocycles. The molecular formula is C68H114O28. The molecule has 0 amide bonds. The summed E-state index contributed by atoms with van der Waals surface area (Å²) in [6.45, 7) is 19.3. The first-order valence-electron chi connectivity index (χ1n) is 35.2. The molecule has 4 saturated carbocycles. The Balaban J connectivity index is 0.683. The minimum Gasteiger partial charge on any atom is -0.462 e. The van der Waals surface area contributed by atoms with E-state index in [1.165, 1.54) is 21.1 Å². The Morgan fingerprint density at radius 1 is 0.531 bits per heavy atom. The van der Waals surface area contributed by atoms with Crippen molar-refractivity contribution >= 4 is 11.9 Å². The summed E-state index contributed by atoms with van der Waals surface area (Å²) >= 11 is 0. The van der Waals surface area contributed by atoms with Crippen LogP contribution in [0.15, 0.2) is 0 Å². The van der Waals surface area contributed by atoms with E-state index < -0.39 is 207 Å². The van der Waals surface area contributed by atoms with Crippen molar-refractivity contribution in [1.82, 2.24) is 0 Å². The zero-order valence-corrected chi connectivity index (χ0v) is 58.7. The lowest BCUT2D eigenvalue weighted by atomic mass is 9.42. The van der Waals surface area contributed by atoms with E-state index in [0.717, 1.165) is 25.7 Å². The van der Waals surface area contributed by atoms with Gasteiger partial charge in [0.2, 0.25) is 0 Å². The van der Waals surface area contributed by atoms with Gasteiger partial charge in [-0.1, -0.05) is 27.7 Å². The number of methoxy groups -OCH3 is 4. The van der Waals surface area contributed by atoms with Gasteiger partial charge >= 0.3 is 11.9 Å². The van der Waals surface area contributed by atoms with Gasteiger partial charge in [0.05, 0.1) is 84.6 Å². The van der Waals surface area contributed by atoms with Gasteiger partial charge in [-0.25, -0.2) is 0 Å². The molecule has 28 nitrogen and oxygen atoms in total. The molecule has 0 radical (unpaired) electrons. The van der Waals surface area contributed by atoms with E-state index in [-0.39, 0.29) is 73.7 Å². The SMILES string of the molecule is CCC(C)C(=O)O[C@@H](C)[C@]1(O)CC[C@]2(O)[C@@H]3CC[C@H]4C[C@@H](O[C@H]5C[C@H](O)[C@H](O[C@H]6C[C@H](OC)[C@H](O[C@H]7C[C@@H](OC)[C@H](O[C@H]8C[C@@H](OC)[C@H](O[C@@H]9O[C@H](C)[C@@H](O[C@@H]%10O[C@H](CO)[C@@H](O)[C@H](O)[C@H]%10O)[C@H](OC)[C@H]9O)[C@@H](C)O8)[C@@H](C)O7)[C@@H](C)O6)[C@@H](C)O5)CC[C@]4(C)[C@H]3C[C@@H](OC(C)=O)[C@]12C. The highest BCUT2D eigenvalue weighted by molar-refractivity contribution is 5.72. The van der Waals surface area contributed by atoms with Crippen molar-refractivity contribution in [2.75, 3.05) is 35.0 Å². The molecule has 0 aromatic rings. The standard InChI is InChI=1S/C68H114O28/c1-16-30(2)62(76)88-36(8)67(77)21-22-68(78)40-18-17-38-23-39(19-20-65(38,10)41(40)24-47(66(67,68)11)89-37(9)70)90-48-25-42(71)56(31(3)83-48)92-49-26-43(79-12)57(32(4)84-49)93-50-27-44(80-13)58(33(5)85-50)94-51-28-45(81-14)59(34(6)86-51)95-64-55(75)61(82-15)60(35(7)87-64)96-63-54(74)53(73)52(72)46(29-69)91-63/h30-36,38-61,63-64,69,71-75,77-78H,16-29H2,1-15H3/t30?,31-,32-,33-,34-,35-,36+,38+,39+,40-,41+,42+,43+,44-,45-,46-,47-,48+,49+,50+,51+,52-,53+,54-,55-,56-,57-,58-,59-,60-,61-,63+,64+,65+,66-,67-,68+/m1/s1. The molecule has 96 heavy (non-hydrogen) atoms. The molecule has 6 saturated heterocycles. The van der Waals surface area contributed by atoms with Crippen LogP contribution in [0, 0.1) is 34.5 Å². The van der Waals surface area contributed by atoms with Crippen LogP contribution in [0.2, 0.25) is 0 Å². The first-order valence-corrected chi connectivity index (χ1v) is 35.2. The van der Waals surface area contributed by atoms with Gasteiger partial charge < -0.3 is 126 Å². The van der Waals surface area contributed by atoms with Gasteiger partial charge in [0.15, 0.2) is 37.7 Å². The molecule has 10 fully saturated rings. The Kier molecular flexibility index (Phi) is 24.8. The predicted octanol–water partition coefficient (Wildman–Crippen LogP) is 2.57. The molecule has 10 aliphatic rings. The third-order valence-corrected chi connectivity index (χ3v) is 24.5. The van der Waals surface area contributed by atoms with Crippen molar-refractivity contribution < 1.29 is 136 Å². The van der Waals surface area contributed by atoms with Crippen LogP contribution in [0.3, 0.4) is 0 Å². The molecule has 554 valence electrons. The third-order valence-electron chi connectivity index (χ3n) is 24.5. The molecule has 37 atom stereocenters. The normalized spacial score (nSPS) is 51.3. The minimum absolute atomic E-state index is 0.0194. The number of hydrogen-bond donors (Lipinski definition) is 8. The predicted molar refractivity (Wildman–Crippen MR) is 332 cm³/mol. The minimum atomic E-state index is -1.68. The van der Waals surface area contributed by atoms with E-state index in [0.29, 0.717) is 19.3 Å². The van der Waals surface area contributed by atoms with Crippen molar-refractivity contribution in [3.63, 3.8) is 0 Å². The van der Waals surface area contributed by atoms with Crippen molar-refractivity contribution in [1.29, 1.82) is 0 Å². The van der Waals surface area contributed by atoms with Gasteiger partial charge in [0, 0.05) is 61.0 Å². The van der Waals surface area contributed by atoms with Crippen LogP contribution < -0.4 is 0 Å². The average molecular weight is 1380 g/mol. The summed E-state index contributed by atoms with van der Waals surface area (Å²) in [4.78, 5) is 25.9. The van der Waals surface area contributed by atoms with E-state index in [9.17, 15) is 50.4 Å². The quantitative estimate of drug-likeness (QED) is 0.0570. The number of fused-ring (bicyclic) bond motifs is 5. The van der Waals surface area contributed by atoms with Crippen LogP contribution in [0.4, 0.5) is 0 Å². The summed E-state index contributed by atoms with van der Waals surface area (Å²) in [5.41, 5.74) is -4.57. The molecular weight excluding hydrogens is 1260 g/mol. The van der Waals surface area contributed by atoms with E-state index in [1.807, 2.05) is 34.6 Å². The highest BCUT2D eigenvalue weighted by atomic mass is 16.8. The molecule has 0 bridgehead atoms. The zero-order chi connectivity index (χ0) is 69.8. The van der Waals surface area contributed by atoms with E-state index in [2.05, 4.69) is 6.92 Å². The fraction of sp³-hybridized carbons (Fsp3) is 0.971. The number of aliphatic hydroxyl groups is 8. The third kappa shape index (κ3) is 14.6. The lowest BCUT2D eigenvalue weighted by Gasteiger charge is -2.66. The molecule has 28 heteroatoms. The highest BCUT2D eigenvalue weighted by Gasteiger charge is 2.77. The van der Waals surface area contributed by atoms with Crippen molar-refractivity contribution in [2.45, 2.75) is 349 Å². The van der Waals surface area contributed by atoms with Crippen molar-refractivity contribution in [3.8, 4) is 0 Å². The van der Waals surface area contributed by atoms with Gasteiger partial charge in [0.1, 0.15) is 85.0 Å². The second-order valence-corrected chi connectivity index (χ2v) is 29.8. The lowest BCUT2D eigenvalue weighted by molar-refractivity contribution is -0.374. The lowest BCUT2D eigenvalue weighted by Crippen LogP contribution is -2.72. The number of rotatable bonds is 22. The number of ether oxygens (including phenoxy) is 18. The number of carbonyl (C=O) groups is 2. The van der Waals surface area contributed by atoms with Crippen molar-refractivity contribution in [3.05, 3.63) is 0 Å². The number of aliphatic hydroxyl groups excluding tert-OH is 6. The van der Waals surface area contributed by atoms with E-state index in [1.54, 1.807) is 41.9 Å². The summed E-state index contributed by atoms with van der Waals surface area (Å²) in [5, 5.41) is 90.1. The average Bonchev–Trinajstić information content (AvgIpc) is 1.40. The van der Waals surface area contributed by atoms with Gasteiger partial charge in [-0.05, 0) is 122 Å². The monoisotopic (exact) mass is 1380 g/mol. The fourth-order valence-electron chi connectivity index (χ4n) is 18.5. The summed E-state index contributed by atoms with van der Waals surface area (Å²) in [7, 11) is 6.08. The number of esters is 2. The Morgan fingerprint density at radius 3 is 1.56 bits per heavy atom. The van der Waals surface area contributed by atoms with E-state index in [4.69, 9.17) is 85.3 Å². The second kappa shape index (κ2) is 31.1. The molecule has 10 rings (SSSR count). The first kappa shape index (κ1) is 76.6. The van der Waals surface area contributed by atoms with Crippen LogP contribution in [-0.2, 0) is 94.9 Å². The molecule has 6 heterocycles. The van der Waals surface area contributed by atoms with Crippen molar-refractivity contribution in [2.24, 2.45) is 34.5 Å². The Morgan fingerprint density at radius 2 is 1.04 bits per heavy atom. The molecule has 1 unspecified atom stereocenters. The summed E-state index contributed by atoms with van der Waals surface area (Å²) in [6, 6.07) is 0. The van der Waals surface area contributed by atoms with Crippen LogP contribution in [-0.4, -0.2) is 277 Å². The fourth-order valence-corrected chi connectivity index (χ4v) is 18.5. The smallest absolute Gasteiger partial charge is 0.309 e. The second-order valence-electron chi connectivity index (χ2n) is 29.8. The Labute approximate surface area is 564 Å². The molecule has 0 spiro atoms. The molecule has 6 aliphatic heterocycles. The molecule has 0 aromatic heterocycles. The Bertz CT molecular complexity index is 2530. The maximum atomic E-state index is 13.1. The largest absolute Gasteiger partial charge is 0.462 e. The summed E-state index contributed by atoms with van der Waals surface area (Å²) in [6.07, 6.45) is -19.5. The van der Waals surface area contributed by atoms with Crippen LogP contribution in [0.25, 0.3) is 0 Å². The first-order chi connectivity index (χ1) is 45.4. The van der Waals surface area contributed by atoms with Crippen LogP contribution in [0.1, 0.15) is 160 Å². The molecule has 0 aromatic carbocycles. The zero-order valence-electron chi connectivity index (χ0n) is 58.7. The topological polar surface area (TPSA) is 362 Å². The van der Waals surface area contributed by atoms with Gasteiger partial charge in [0.25, 0.3) is 0 Å². The van der Waals surface area contributed by atoms with Gasteiger partial charge in [-0.15, -0.1) is 0 Å². The summed E-state index contributed by atoms with van der Waals surface area (Å²) < 4.78 is 112. The van der Waals surface area contributed by atoms with Gasteiger partial charge in [-0.3, -0.25) is 9.59 Å². The number of carbonyl (C=O) groups excluding carboxylic acids is 2.